The van der Waals surface area contributed by atoms with Crippen molar-refractivity contribution < 1.29 is 8.42 Å². The Morgan fingerprint density at radius 3 is 2.73 bits per heavy atom. The number of sulfonamides is 1. The molecule has 0 saturated carbocycles. The van der Waals surface area contributed by atoms with Gasteiger partial charge in [-0.15, -0.1) is 11.3 Å². The number of benzene rings is 1. The molecule has 0 fully saturated rings. The summed E-state index contributed by atoms with van der Waals surface area (Å²) in [5.41, 5.74) is 3.53. The minimum absolute atomic E-state index is 0.0509. The number of hydrogen-bond donors (Lipinski definition) is 0. The van der Waals surface area contributed by atoms with Gasteiger partial charge in [-0.3, -0.25) is 0 Å². The van der Waals surface area contributed by atoms with Crippen molar-refractivity contribution in [2.75, 3.05) is 12.3 Å². The van der Waals surface area contributed by atoms with Crippen molar-refractivity contribution in [3.05, 3.63) is 56.2 Å². The van der Waals surface area contributed by atoms with Gasteiger partial charge in [-0.1, -0.05) is 35.9 Å². The van der Waals surface area contributed by atoms with E-state index in [0.29, 0.717) is 13.1 Å². The Morgan fingerprint density at radius 1 is 1.32 bits per heavy atom. The fourth-order valence-corrected chi connectivity index (χ4v) is 5.50. The molecule has 3 rings (SSSR count). The van der Waals surface area contributed by atoms with Crippen LogP contribution < -0.4 is 0 Å². The lowest BCUT2D eigenvalue weighted by atomic mass is 9.87. The van der Waals surface area contributed by atoms with E-state index in [9.17, 15) is 8.42 Å². The zero-order valence-electron chi connectivity index (χ0n) is 12.5. The van der Waals surface area contributed by atoms with Crippen molar-refractivity contribution >= 4 is 33.0 Å². The smallest absolute Gasteiger partial charge is 0.212 e. The molecule has 2 heterocycles. The van der Waals surface area contributed by atoms with Crippen molar-refractivity contribution in [2.24, 2.45) is 0 Å². The van der Waals surface area contributed by atoms with Crippen molar-refractivity contribution in [1.82, 2.24) is 4.31 Å². The number of nitrogens with zero attached hydrogens (tertiary/aromatic N) is 1. The van der Waals surface area contributed by atoms with Crippen molar-refractivity contribution in [3.8, 4) is 0 Å². The zero-order valence-corrected chi connectivity index (χ0v) is 14.9. The van der Waals surface area contributed by atoms with Crippen LogP contribution in [0, 0.1) is 6.92 Å². The Labute approximate surface area is 140 Å². The summed E-state index contributed by atoms with van der Waals surface area (Å²) < 4.78 is 27.0. The first kappa shape index (κ1) is 16.0. The van der Waals surface area contributed by atoms with E-state index in [0.717, 1.165) is 9.21 Å². The van der Waals surface area contributed by atoms with Gasteiger partial charge < -0.3 is 0 Å². The maximum atomic E-state index is 12.3. The van der Waals surface area contributed by atoms with Gasteiger partial charge in [-0.2, -0.15) is 4.31 Å². The zero-order chi connectivity index (χ0) is 15.9. The molecule has 2 aromatic rings. The summed E-state index contributed by atoms with van der Waals surface area (Å²) in [5, 5.41) is 0. The fourth-order valence-electron chi connectivity index (χ4n) is 2.99. The summed E-state index contributed by atoms with van der Waals surface area (Å²) in [6.07, 6.45) is 0. The second-order valence-electron chi connectivity index (χ2n) is 5.53. The molecule has 0 saturated heterocycles. The molecule has 0 radical (unpaired) electrons. The molecule has 1 aliphatic heterocycles. The van der Waals surface area contributed by atoms with Gasteiger partial charge in [0.25, 0.3) is 0 Å². The quantitative estimate of drug-likeness (QED) is 0.834. The SMILES string of the molecule is CCS(=O)(=O)N1Cc2sc(Cl)cc2[C@@H](c2ccccc2C)C1. The van der Waals surface area contributed by atoms with E-state index in [2.05, 4.69) is 19.1 Å². The second-order valence-corrected chi connectivity index (χ2v) is 9.56. The molecule has 0 spiro atoms. The van der Waals surface area contributed by atoms with E-state index < -0.39 is 10.0 Å². The largest absolute Gasteiger partial charge is 0.214 e. The highest BCUT2D eigenvalue weighted by Crippen LogP contribution is 2.41. The van der Waals surface area contributed by atoms with Crippen molar-refractivity contribution in [2.45, 2.75) is 26.3 Å². The van der Waals surface area contributed by atoms with Crippen LogP contribution in [0.4, 0.5) is 0 Å². The standard InChI is InChI=1S/C16H18ClNO2S2/c1-3-22(19,20)18-9-14(12-7-5-4-6-11(12)2)13-8-16(17)21-15(13)10-18/h4-8,14H,3,9-10H2,1-2H3/t14-/m1/s1. The third-order valence-corrected chi connectivity index (χ3v) is 7.27. The highest BCUT2D eigenvalue weighted by Gasteiger charge is 2.34. The Balaban J connectivity index is 2.10. The third kappa shape index (κ3) is 2.83. The summed E-state index contributed by atoms with van der Waals surface area (Å²) in [5.74, 6) is 0.178. The average Bonchev–Trinajstić information content (AvgIpc) is 2.87. The molecular weight excluding hydrogens is 338 g/mol. The van der Waals surface area contributed by atoms with E-state index in [1.807, 2.05) is 18.2 Å². The van der Waals surface area contributed by atoms with E-state index >= 15 is 0 Å². The summed E-state index contributed by atoms with van der Waals surface area (Å²) in [7, 11) is -3.21. The van der Waals surface area contributed by atoms with Gasteiger partial charge in [-0.05, 0) is 36.6 Å². The molecule has 6 heteroatoms. The number of halogens is 1. The Hall–Kier alpha value is -0.880. The van der Waals surface area contributed by atoms with E-state index in [-0.39, 0.29) is 11.7 Å². The summed E-state index contributed by atoms with van der Waals surface area (Å²) >= 11 is 7.67. The van der Waals surface area contributed by atoms with Gasteiger partial charge in [-0.25, -0.2) is 8.42 Å². The molecular formula is C16H18ClNO2S2. The monoisotopic (exact) mass is 355 g/mol. The molecule has 118 valence electrons. The molecule has 1 aromatic carbocycles. The fraction of sp³-hybridized carbons (Fsp3) is 0.375. The topological polar surface area (TPSA) is 37.4 Å². The first-order chi connectivity index (χ1) is 10.4. The maximum absolute atomic E-state index is 12.3. The van der Waals surface area contributed by atoms with Crippen LogP contribution in [0.3, 0.4) is 0 Å². The number of aryl methyl sites for hydroxylation is 1. The molecule has 0 bridgehead atoms. The second kappa shape index (κ2) is 5.96. The molecule has 1 aromatic heterocycles. The Kier molecular flexibility index (Phi) is 4.34. The van der Waals surface area contributed by atoms with Gasteiger partial charge in [0.1, 0.15) is 0 Å². The van der Waals surface area contributed by atoms with Gasteiger partial charge in [0.05, 0.1) is 10.1 Å². The number of fused-ring (bicyclic) bond motifs is 1. The molecule has 1 atom stereocenters. The van der Waals surface area contributed by atoms with Crippen molar-refractivity contribution in [1.29, 1.82) is 0 Å². The number of rotatable bonds is 3. The van der Waals surface area contributed by atoms with Crippen LogP contribution >= 0.6 is 22.9 Å². The van der Waals surface area contributed by atoms with Gasteiger partial charge in [0.15, 0.2) is 0 Å². The lowest BCUT2D eigenvalue weighted by Crippen LogP contribution is -2.38. The molecule has 3 nitrogen and oxygen atoms in total. The minimum Gasteiger partial charge on any atom is -0.212 e. The lowest BCUT2D eigenvalue weighted by molar-refractivity contribution is 0.376. The lowest BCUT2D eigenvalue weighted by Gasteiger charge is -2.32. The van der Waals surface area contributed by atoms with Crippen LogP contribution in [0.2, 0.25) is 4.34 Å². The summed E-state index contributed by atoms with van der Waals surface area (Å²) in [4.78, 5) is 1.06. The number of hydrogen-bond acceptors (Lipinski definition) is 3. The van der Waals surface area contributed by atoms with E-state index in [1.165, 1.54) is 28.0 Å². The average molecular weight is 356 g/mol. The molecule has 0 unspecified atom stereocenters. The van der Waals surface area contributed by atoms with Gasteiger partial charge in [0.2, 0.25) is 10.0 Å². The molecule has 0 amide bonds. The molecule has 0 N–H and O–H groups in total. The predicted octanol–water partition coefficient (Wildman–Crippen LogP) is 4.01. The van der Waals surface area contributed by atoms with Crippen molar-refractivity contribution in [3.63, 3.8) is 0 Å². The molecule has 0 aliphatic carbocycles. The van der Waals surface area contributed by atoms with Crippen LogP contribution in [0.1, 0.15) is 34.4 Å². The van der Waals surface area contributed by atoms with Crippen LogP contribution in [-0.4, -0.2) is 25.0 Å². The van der Waals surface area contributed by atoms with Crippen LogP contribution in [0.15, 0.2) is 30.3 Å². The highest BCUT2D eigenvalue weighted by atomic mass is 35.5. The van der Waals surface area contributed by atoms with Gasteiger partial charge >= 0.3 is 0 Å². The van der Waals surface area contributed by atoms with Crippen LogP contribution in [0.5, 0.6) is 0 Å². The summed E-state index contributed by atoms with van der Waals surface area (Å²) in [6.45, 7) is 4.68. The normalized spacial score (nSPS) is 19.1. The Morgan fingerprint density at radius 2 is 2.05 bits per heavy atom. The maximum Gasteiger partial charge on any atom is 0.214 e. The third-order valence-electron chi connectivity index (χ3n) is 4.22. The Bertz CT molecular complexity index is 798. The van der Waals surface area contributed by atoms with E-state index in [1.54, 1.807) is 11.2 Å². The van der Waals surface area contributed by atoms with Gasteiger partial charge in [0, 0.05) is 23.9 Å². The van der Waals surface area contributed by atoms with Crippen LogP contribution in [-0.2, 0) is 16.6 Å². The first-order valence-corrected chi connectivity index (χ1v) is 10.0. The predicted molar refractivity (Wildman–Crippen MR) is 92.2 cm³/mol. The highest BCUT2D eigenvalue weighted by molar-refractivity contribution is 7.89. The van der Waals surface area contributed by atoms with E-state index in [4.69, 9.17) is 11.6 Å². The molecule has 1 aliphatic rings. The molecule has 22 heavy (non-hydrogen) atoms. The minimum atomic E-state index is -3.21. The summed E-state index contributed by atoms with van der Waals surface area (Å²) in [6, 6.07) is 10.1. The number of thiophene rings is 1. The van der Waals surface area contributed by atoms with Crippen LogP contribution in [0.25, 0.3) is 0 Å². The first-order valence-electron chi connectivity index (χ1n) is 7.24.